The van der Waals surface area contributed by atoms with Crippen molar-refractivity contribution in [2.45, 2.75) is 33.1 Å². The zero-order chi connectivity index (χ0) is 16.8. The molecule has 4 nitrogen and oxygen atoms in total. The third-order valence-corrected chi connectivity index (χ3v) is 4.20. The van der Waals surface area contributed by atoms with Crippen molar-refractivity contribution in [2.24, 2.45) is 11.8 Å². The molecule has 2 amide bonds. The van der Waals surface area contributed by atoms with Crippen molar-refractivity contribution < 1.29 is 14.0 Å². The molecular weight excluding hydrogens is 295 g/mol. The van der Waals surface area contributed by atoms with E-state index >= 15 is 0 Å². The molecule has 126 valence electrons. The molecule has 1 saturated heterocycles. The van der Waals surface area contributed by atoms with Gasteiger partial charge in [-0.05, 0) is 30.4 Å². The number of hydrogen-bond donors (Lipinski definition) is 1. The van der Waals surface area contributed by atoms with Gasteiger partial charge in [0, 0.05) is 25.6 Å². The Kier molecular flexibility index (Phi) is 6.13. The Balaban J connectivity index is 1.81. The van der Waals surface area contributed by atoms with Crippen LogP contribution in [0.4, 0.5) is 4.39 Å². The molecule has 2 rings (SSSR count). The Morgan fingerprint density at radius 2 is 1.91 bits per heavy atom. The summed E-state index contributed by atoms with van der Waals surface area (Å²) < 4.78 is 13.6. The lowest BCUT2D eigenvalue weighted by molar-refractivity contribution is -0.135. The SMILES string of the molecule is CC(C)CNC(=O)C1CCN(C(=O)Cc2ccccc2F)CC1. The predicted octanol–water partition coefficient (Wildman–Crippen LogP) is 2.38. The molecule has 23 heavy (non-hydrogen) atoms. The van der Waals surface area contributed by atoms with E-state index in [9.17, 15) is 14.0 Å². The van der Waals surface area contributed by atoms with Crippen LogP contribution >= 0.6 is 0 Å². The quantitative estimate of drug-likeness (QED) is 0.905. The molecule has 0 unspecified atom stereocenters. The normalized spacial score (nSPS) is 15.7. The van der Waals surface area contributed by atoms with Crippen LogP contribution in [-0.4, -0.2) is 36.3 Å². The Morgan fingerprint density at radius 3 is 2.52 bits per heavy atom. The fourth-order valence-corrected chi connectivity index (χ4v) is 2.76. The maximum absolute atomic E-state index is 13.6. The third kappa shape index (κ3) is 5.05. The van der Waals surface area contributed by atoms with Gasteiger partial charge in [-0.2, -0.15) is 0 Å². The summed E-state index contributed by atoms with van der Waals surface area (Å²) in [7, 11) is 0. The van der Waals surface area contributed by atoms with E-state index in [4.69, 9.17) is 0 Å². The summed E-state index contributed by atoms with van der Waals surface area (Å²) in [6.45, 7) is 5.93. The predicted molar refractivity (Wildman–Crippen MR) is 87.3 cm³/mol. The Labute approximate surface area is 137 Å². The van der Waals surface area contributed by atoms with E-state index in [-0.39, 0.29) is 30.0 Å². The van der Waals surface area contributed by atoms with E-state index in [0.29, 0.717) is 44.0 Å². The van der Waals surface area contributed by atoms with E-state index in [1.807, 2.05) is 0 Å². The van der Waals surface area contributed by atoms with Gasteiger partial charge in [0.05, 0.1) is 6.42 Å². The highest BCUT2D eigenvalue weighted by Crippen LogP contribution is 2.19. The number of piperidine rings is 1. The first-order chi connectivity index (χ1) is 11.0. The fraction of sp³-hybridized carbons (Fsp3) is 0.556. The number of carbonyl (C=O) groups is 2. The molecular formula is C18H25FN2O2. The highest BCUT2D eigenvalue weighted by atomic mass is 19.1. The highest BCUT2D eigenvalue weighted by Gasteiger charge is 2.27. The van der Waals surface area contributed by atoms with Crippen LogP contribution in [-0.2, 0) is 16.0 Å². The molecule has 0 saturated carbocycles. The van der Waals surface area contributed by atoms with Gasteiger partial charge in [-0.3, -0.25) is 9.59 Å². The smallest absolute Gasteiger partial charge is 0.227 e. The van der Waals surface area contributed by atoms with Gasteiger partial charge in [0.15, 0.2) is 0 Å². The minimum atomic E-state index is -0.344. The number of carbonyl (C=O) groups excluding carboxylic acids is 2. The second-order valence-electron chi connectivity index (χ2n) is 6.56. The number of rotatable bonds is 5. The number of likely N-dealkylation sites (tertiary alicyclic amines) is 1. The van der Waals surface area contributed by atoms with Crippen LogP contribution in [0, 0.1) is 17.7 Å². The lowest BCUT2D eigenvalue weighted by atomic mass is 9.95. The average molecular weight is 320 g/mol. The topological polar surface area (TPSA) is 49.4 Å². The van der Waals surface area contributed by atoms with Gasteiger partial charge in [0.25, 0.3) is 0 Å². The molecule has 0 atom stereocenters. The summed E-state index contributed by atoms with van der Waals surface area (Å²) in [5.41, 5.74) is 0.425. The molecule has 0 spiro atoms. The number of hydrogen-bond acceptors (Lipinski definition) is 2. The van der Waals surface area contributed by atoms with Gasteiger partial charge < -0.3 is 10.2 Å². The highest BCUT2D eigenvalue weighted by molar-refractivity contribution is 5.81. The average Bonchev–Trinajstić information content (AvgIpc) is 2.54. The van der Waals surface area contributed by atoms with Gasteiger partial charge in [-0.1, -0.05) is 32.0 Å². The van der Waals surface area contributed by atoms with E-state index in [2.05, 4.69) is 19.2 Å². The van der Waals surface area contributed by atoms with Gasteiger partial charge >= 0.3 is 0 Å². The number of nitrogens with one attached hydrogen (secondary N) is 1. The van der Waals surface area contributed by atoms with Crippen LogP contribution in [0.25, 0.3) is 0 Å². The molecule has 1 aromatic rings. The summed E-state index contributed by atoms with van der Waals surface area (Å²) in [6, 6.07) is 6.36. The van der Waals surface area contributed by atoms with Gasteiger partial charge in [0.1, 0.15) is 5.82 Å². The van der Waals surface area contributed by atoms with Crippen molar-refractivity contribution in [3.8, 4) is 0 Å². The lowest BCUT2D eigenvalue weighted by Crippen LogP contribution is -2.44. The van der Waals surface area contributed by atoms with Crippen LogP contribution in [0.2, 0.25) is 0 Å². The molecule has 1 aliphatic rings. The summed E-state index contributed by atoms with van der Waals surface area (Å²) in [6.07, 6.45) is 1.43. The van der Waals surface area contributed by atoms with E-state index in [1.165, 1.54) is 6.07 Å². The Hall–Kier alpha value is -1.91. The van der Waals surface area contributed by atoms with Crippen LogP contribution in [0.3, 0.4) is 0 Å². The van der Waals surface area contributed by atoms with Crippen LogP contribution in [0.1, 0.15) is 32.3 Å². The first kappa shape index (κ1) is 17.4. The molecule has 0 aromatic heterocycles. The van der Waals surface area contributed by atoms with Gasteiger partial charge in [-0.25, -0.2) is 4.39 Å². The molecule has 1 heterocycles. The third-order valence-electron chi connectivity index (χ3n) is 4.20. The summed E-state index contributed by atoms with van der Waals surface area (Å²) in [5.74, 6) is 0.0764. The molecule has 0 bridgehead atoms. The standard InChI is InChI=1S/C18H25FN2O2/c1-13(2)12-20-18(23)14-7-9-21(10-8-14)17(22)11-15-5-3-4-6-16(15)19/h3-6,13-14H,7-12H2,1-2H3,(H,20,23). The number of benzene rings is 1. The minimum absolute atomic E-state index is 0.0220. The largest absolute Gasteiger partial charge is 0.356 e. The van der Waals surface area contributed by atoms with Crippen molar-refractivity contribution in [3.05, 3.63) is 35.6 Å². The van der Waals surface area contributed by atoms with Crippen molar-refractivity contribution in [2.75, 3.05) is 19.6 Å². The Morgan fingerprint density at radius 1 is 1.26 bits per heavy atom. The second kappa shape index (κ2) is 8.09. The summed E-state index contributed by atoms with van der Waals surface area (Å²) in [5, 5.41) is 2.95. The second-order valence-corrected chi connectivity index (χ2v) is 6.56. The maximum Gasteiger partial charge on any atom is 0.227 e. The fourth-order valence-electron chi connectivity index (χ4n) is 2.76. The first-order valence-corrected chi connectivity index (χ1v) is 8.26. The molecule has 1 aliphatic heterocycles. The van der Waals surface area contributed by atoms with E-state index in [0.717, 1.165) is 0 Å². The zero-order valence-corrected chi connectivity index (χ0v) is 13.8. The molecule has 1 aromatic carbocycles. The maximum atomic E-state index is 13.6. The van der Waals surface area contributed by atoms with E-state index in [1.54, 1.807) is 23.1 Å². The van der Waals surface area contributed by atoms with Crippen molar-refractivity contribution >= 4 is 11.8 Å². The van der Waals surface area contributed by atoms with Crippen molar-refractivity contribution in [3.63, 3.8) is 0 Å². The summed E-state index contributed by atoms with van der Waals surface area (Å²) >= 11 is 0. The van der Waals surface area contributed by atoms with Gasteiger partial charge in [-0.15, -0.1) is 0 Å². The van der Waals surface area contributed by atoms with E-state index < -0.39 is 0 Å². The number of nitrogens with zero attached hydrogens (tertiary/aromatic N) is 1. The molecule has 5 heteroatoms. The Bertz CT molecular complexity index is 552. The minimum Gasteiger partial charge on any atom is -0.356 e. The lowest BCUT2D eigenvalue weighted by Gasteiger charge is -2.31. The molecule has 0 radical (unpaired) electrons. The van der Waals surface area contributed by atoms with Crippen LogP contribution in [0.15, 0.2) is 24.3 Å². The number of halogens is 1. The van der Waals surface area contributed by atoms with Crippen LogP contribution < -0.4 is 5.32 Å². The summed E-state index contributed by atoms with van der Waals surface area (Å²) in [4.78, 5) is 26.1. The molecule has 1 N–H and O–H groups in total. The van der Waals surface area contributed by atoms with Crippen molar-refractivity contribution in [1.82, 2.24) is 10.2 Å². The first-order valence-electron chi connectivity index (χ1n) is 8.26. The van der Waals surface area contributed by atoms with Gasteiger partial charge in [0.2, 0.25) is 11.8 Å². The monoisotopic (exact) mass is 320 g/mol. The van der Waals surface area contributed by atoms with Crippen molar-refractivity contribution in [1.29, 1.82) is 0 Å². The van der Waals surface area contributed by atoms with Crippen LogP contribution in [0.5, 0.6) is 0 Å². The zero-order valence-electron chi connectivity index (χ0n) is 13.8. The molecule has 0 aliphatic carbocycles. The number of amides is 2. The molecule has 1 fully saturated rings.